The number of benzene rings is 2. The summed E-state index contributed by atoms with van der Waals surface area (Å²) in [6.45, 7) is -3.02. The standard InChI is InChI=1S/C15H12BF2N3O4/c17-15(18)24-14-4-2-9(25-16(22)23)6-11(14)8-1-3-10-12(19)7-20-21-13(10)5-8/h1-7,15,22-23H,(H2,19,21). The number of anilines is 1. The molecular formula is C15H12BF2N3O4. The van der Waals surface area contributed by atoms with E-state index in [1.54, 1.807) is 18.2 Å². The molecule has 1 aromatic heterocycles. The highest BCUT2D eigenvalue weighted by Crippen LogP contribution is 2.36. The van der Waals surface area contributed by atoms with Crippen molar-refractivity contribution in [2.45, 2.75) is 6.61 Å². The predicted molar refractivity (Wildman–Crippen MR) is 86.8 cm³/mol. The van der Waals surface area contributed by atoms with Crippen LogP contribution < -0.4 is 15.1 Å². The molecule has 4 N–H and O–H groups in total. The van der Waals surface area contributed by atoms with E-state index in [2.05, 4.69) is 14.9 Å². The first kappa shape index (κ1) is 16.9. The quantitative estimate of drug-likeness (QED) is 0.604. The summed E-state index contributed by atoms with van der Waals surface area (Å²) < 4.78 is 34.6. The van der Waals surface area contributed by atoms with Gasteiger partial charge >= 0.3 is 13.9 Å². The molecule has 0 aliphatic carbocycles. The Kier molecular flexibility index (Phi) is 4.64. The molecular weight excluding hydrogens is 335 g/mol. The minimum Gasteiger partial charge on any atom is -0.512 e. The minimum atomic E-state index is -3.02. The summed E-state index contributed by atoms with van der Waals surface area (Å²) in [5, 5.41) is 26.2. The van der Waals surface area contributed by atoms with Crippen molar-refractivity contribution in [3.05, 3.63) is 42.6 Å². The lowest BCUT2D eigenvalue weighted by Gasteiger charge is -2.14. The molecule has 0 atom stereocenters. The Morgan fingerprint density at radius 3 is 2.64 bits per heavy atom. The number of alkyl halides is 2. The highest BCUT2D eigenvalue weighted by molar-refractivity contribution is 6.33. The molecule has 0 bridgehead atoms. The maximum absolute atomic E-state index is 12.7. The first-order valence-corrected chi connectivity index (χ1v) is 7.07. The summed E-state index contributed by atoms with van der Waals surface area (Å²) in [6.07, 6.45) is 1.41. The zero-order chi connectivity index (χ0) is 18.0. The summed E-state index contributed by atoms with van der Waals surface area (Å²) in [5.41, 5.74) is 7.46. The van der Waals surface area contributed by atoms with Gasteiger partial charge in [0.05, 0.1) is 17.4 Å². The molecule has 128 valence electrons. The van der Waals surface area contributed by atoms with Crippen molar-refractivity contribution < 1.29 is 28.2 Å². The van der Waals surface area contributed by atoms with Gasteiger partial charge in [-0.15, -0.1) is 0 Å². The number of rotatable bonds is 5. The molecule has 0 fully saturated rings. The predicted octanol–water partition coefficient (Wildman–Crippen LogP) is 1.83. The zero-order valence-electron chi connectivity index (χ0n) is 12.6. The molecule has 25 heavy (non-hydrogen) atoms. The molecule has 0 spiro atoms. The van der Waals surface area contributed by atoms with Gasteiger partial charge in [-0.1, -0.05) is 6.07 Å². The summed E-state index contributed by atoms with van der Waals surface area (Å²) >= 11 is 0. The fourth-order valence-corrected chi connectivity index (χ4v) is 2.38. The first-order chi connectivity index (χ1) is 11.9. The van der Waals surface area contributed by atoms with E-state index in [9.17, 15) is 8.78 Å². The van der Waals surface area contributed by atoms with Crippen LogP contribution in [-0.2, 0) is 0 Å². The van der Waals surface area contributed by atoms with Crippen molar-refractivity contribution in [2.24, 2.45) is 0 Å². The average molecular weight is 347 g/mol. The Balaban J connectivity index is 2.12. The maximum Gasteiger partial charge on any atom is 0.707 e. The van der Waals surface area contributed by atoms with Crippen LogP contribution in [0, 0.1) is 0 Å². The number of nitrogens with zero attached hydrogens (tertiary/aromatic N) is 2. The molecule has 0 aliphatic heterocycles. The Bertz CT molecular complexity index is 911. The van der Waals surface area contributed by atoms with Crippen LogP contribution in [0.5, 0.6) is 11.5 Å². The van der Waals surface area contributed by atoms with E-state index < -0.39 is 13.9 Å². The molecule has 0 amide bonds. The Morgan fingerprint density at radius 1 is 1.12 bits per heavy atom. The van der Waals surface area contributed by atoms with Crippen LogP contribution in [0.4, 0.5) is 14.5 Å². The molecule has 3 aromatic rings. The van der Waals surface area contributed by atoms with Crippen molar-refractivity contribution >= 4 is 23.9 Å². The third-order valence-corrected chi connectivity index (χ3v) is 3.39. The van der Waals surface area contributed by atoms with Crippen LogP contribution in [0.3, 0.4) is 0 Å². The SMILES string of the molecule is Nc1cnnc2cc(-c3cc(OB(O)O)ccc3OC(F)F)ccc12. The average Bonchev–Trinajstić information content (AvgIpc) is 2.55. The highest BCUT2D eigenvalue weighted by atomic mass is 19.3. The van der Waals surface area contributed by atoms with Gasteiger partial charge < -0.3 is 25.2 Å². The number of nitrogen functional groups attached to an aromatic ring is 1. The molecule has 0 aliphatic rings. The molecule has 7 nitrogen and oxygen atoms in total. The van der Waals surface area contributed by atoms with Crippen molar-refractivity contribution in [2.75, 3.05) is 5.73 Å². The van der Waals surface area contributed by atoms with Gasteiger partial charge in [-0.05, 0) is 35.9 Å². The second-order valence-electron chi connectivity index (χ2n) is 5.01. The van der Waals surface area contributed by atoms with E-state index >= 15 is 0 Å². The summed E-state index contributed by atoms with van der Waals surface area (Å²) in [7, 11) is -2.04. The lowest BCUT2D eigenvalue weighted by Crippen LogP contribution is -2.20. The lowest BCUT2D eigenvalue weighted by molar-refractivity contribution is -0.0494. The fourth-order valence-electron chi connectivity index (χ4n) is 2.38. The Hall–Kier alpha value is -2.98. The summed E-state index contributed by atoms with van der Waals surface area (Å²) in [6, 6.07) is 8.79. The topological polar surface area (TPSA) is 111 Å². The third-order valence-electron chi connectivity index (χ3n) is 3.39. The normalized spacial score (nSPS) is 10.9. The first-order valence-electron chi connectivity index (χ1n) is 7.07. The van der Waals surface area contributed by atoms with Gasteiger partial charge in [-0.2, -0.15) is 19.0 Å². The Labute approximate surface area is 140 Å². The smallest absolute Gasteiger partial charge is 0.512 e. The molecule has 0 unspecified atom stereocenters. The van der Waals surface area contributed by atoms with Gasteiger partial charge in [0, 0.05) is 10.9 Å². The van der Waals surface area contributed by atoms with Crippen molar-refractivity contribution in [1.82, 2.24) is 10.2 Å². The van der Waals surface area contributed by atoms with Crippen LogP contribution >= 0.6 is 0 Å². The van der Waals surface area contributed by atoms with E-state index in [0.717, 1.165) is 0 Å². The van der Waals surface area contributed by atoms with Crippen LogP contribution in [0.15, 0.2) is 42.6 Å². The highest BCUT2D eigenvalue weighted by Gasteiger charge is 2.17. The van der Waals surface area contributed by atoms with E-state index in [1.807, 2.05) is 0 Å². The van der Waals surface area contributed by atoms with Gasteiger partial charge in [-0.25, -0.2) is 0 Å². The molecule has 0 radical (unpaired) electrons. The van der Waals surface area contributed by atoms with E-state index in [1.165, 1.54) is 24.4 Å². The number of nitrogens with two attached hydrogens (primary N) is 1. The summed E-state index contributed by atoms with van der Waals surface area (Å²) in [5.74, 6) is -0.0450. The lowest BCUT2D eigenvalue weighted by atomic mass is 10.0. The van der Waals surface area contributed by atoms with Crippen molar-refractivity contribution in [3.8, 4) is 22.6 Å². The fraction of sp³-hybridized carbons (Fsp3) is 0.0667. The van der Waals surface area contributed by atoms with Crippen molar-refractivity contribution in [1.29, 1.82) is 0 Å². The number of halogens is 2. The number of hydrogen-bond donors (Lipinski definition) is 3. The third kappa shape index (κ3) is 3.75. The minimum absolute atomic E-state index is 0.0605. The van der Waals surface area contributed by atoms with Crippen LogP contribution in [0.2, 0.25) is 0 Å². The number of hydrogen-bond acceptors (Lipinski definition) is 7. The molecule has 2 aromatic carbocycles. The van der Waals surface area contributed by atoms with Crippen LogP contribution in [0.25, 0.3) is 22.0 Å². The van der Waals surface area contributed by atoms with Crippen LogP contribution in [-0.4, -0.2) is 34.2 Å². The largest absolute Gasteiger partial charge is 0.707 e. The van der Waals surface area contributed by atoms with Gasteiger partial charge in [0.25, 0.3) is 0 Å². The zero-order valence-corrected chi connectivity index (χ0v) is 12.6. The van der Waals surface area contributed by atoms with E-state index in [4.69, 9.17) is 20.4 Å². The summed E-state index contributed by atoms with van der Waals surface area (Å²) in [4.78, 5) is 0. The van der Waals surface area contributed by atoms with Gasteiger partial charge in [-0.3, -0.25) is 0 Å². The number of aromatic nitrogens is 2. The number of ether oxygens (including phenoxy) is 1. The molecule has 3 rings (SSSR count). The van der Waals surface area contributed by atoms with Gasteiger partial charge in [0.2, 0.25) is 0 Å². The molecule has 1 heterocycles. The number of fused-ring (bicyclic) bond motifs is 1. The second-order valence-corrected chi connectivity index (χ2v) is 5.01. The van der Waals surface area contributed by atoms with Crippen LogP contribution in [0.1, 0.15) is 0 Å². The monoisotopic (exact) mass is 347 g/mol. The van der Waals surface area contributed by atoms with E-state index in [0.29, 0.717) is 22.2 Å². The van der Waals surface area contributed by atoms with Gasteiger partial charge in [0.1, 0.15) is 11.5 Å². The van der Waals surface area contributed by atoms with E-state index in [-0.39, 0.29) is 17.1 Å². The van der Waals surface area contributed by atoms with Gasteiger partial charge in [0.15, 0.2) is 0 Å². The maximum atomic E-state index is 12.7. The second kappa shape index (κ2) is 6.87. The van der Waals surface area contributed by atoms with Crippen molar-refractivity contribution in [3.63, 3.8) is 0 Å². The molecule has 10 heteroatoms. The molecule has 0 saturated heterocycles. The molecule has 0 saturated carbocycles. The Morgan fingerprint density at radius 2 is 1.92 bits per heavy atom.